The van der Waals surface area contributed by atoms with Crippen LogP contribution in [0, 0.1) is 0 Å². The number of ether oxygens (including phenoxy) is 1. The van der Waals surface area contributed by atoms with Gasteiger partial charge in [0.15, 0.2) is 0 Å². The van der Waals surface area contributed by atoms with Gasteiger partial charge in [0.2, 0.25) is 0 Å². The zero-order chi connectivity index (χ0) is 17.0. The Labute approximate surface area is 142 Å². The molecule has 0 bridgehead atoms. The molecule has 128 valence electrons. The van der Waals surface area contributed by atoms with Crippen molar-refractivity contribution in [1.82, 2.24) is 20.0 Å². The van der Waals surface area contributed by atoms with Crippen molar-refractivity contribution in [3.05, 3.63) is 48.3 Å². The summed E-state index contributed by atoms with van der Waals surface area (Å²) in [7, 11) is 0. The monoisotopic (exact) mass is 328 g/mol. The fourth-order valence-electron chi connectivity index (χ4n) is 2.87. The third kappa shape index (κ3) is 3.83. The number of hydrogen-bond donors (Lipinski definition) is 1. The van der Waals surface area contributed by atoms with Gasteiger partial charge in [0.05, 0.1) is 18.9 Å². The van der Waals surface area contributed by atoms with E-state index in [0.29, 0.717) is 12.1 Å². The highest BCUT2D eigenvalue weighted by Crippen LogP contribution is 2.15. The highest BCUT2D eigenvalue weighted by atomic mass is 16.5. The minimum Gasteiger partial charge on any atom is -0.379 e. The van der Waals surface area contributed by atoms with Gasteiger partial charge in [-0.05, 0) is 44.2 Å². The van der Waals surface area contributed by atoms with Gasteiger partial charge in [-0.1, -0.05) is 0 Å². The van der Waals surface area contributed by atoms with Crippen LogP contribution in [0.2, 0.25) is 0 Å². The molecule has 1 fully saturated rings. The van der Waals surface area contributed by atoms with Crippen LogP contribution in [0.15, 0.2) is 42.7 Å². The number of carbonyl (C=O) groups is 1. The summed E-state index contributed by atoms with van der Waals surface area (Å²) in [6.45, 7) is 8.23. The molecule has 0 aliphatic carbocycles. The van der Waals surface area contributed by atoms with Gasteiger partial charge in [0.25, 0.3) is 5.91 Å². The second kappa shape index (κ2) is 7.15. The van der Waals surface area contributed by atoms with Gasteiger partial charge in [-0.15, -0.1) is 0 Å². The van der Waals surface area contributed by atoms with E-state index in [4.69, 9.17) is 4.74 Å². The number of nitrogens with zero attached hydrogens (tertiary/aromatic N) is 3. The SMILES string of the molecule is CC(C)(CNC(=O)c1ccc(-n2cccn2)cc1)N1CCOCC1. The fraction of sp³-hybridized carbons (Fsp3) is 0.444. The minimum atomic E-state index is -0.0888. The molecule has 0 saturated carbocycles. The Morgan fingerprint density at radius 2 is 1.96 bits per heavy atom. The summed E-state index contributed by atoms with van der Waals surface area (Å²) in [5.41, 5.74) is 1.50. The summed E-state index contributed by atoms with van der Waals surface area (Å²) in [5.74, 6) is -0.0525. The number of hydrogen-bond acceptors (Lipinski definition) is 4. The lowest BCUT2D eigenvalue weighted by molar-refractivity contribution is -0.00923. The number of aromatic nitrogens is 2. The molecule has 0 unspecified atom stereocenters. The van der Waals surface area contributed by atoms with Gasteiger partial charge in [-0.25, -0.2) is 4.68 Å². The molecule has 1 aliphatic heterocycles. The molecular weight excluding hydrogens is 304 g/mol. The smallest absolute Gasteiger partial charge is 0.251 e. The molecule has 0 radical (unpaired) electrons. The van der Waals surface area contributed by atoms with Crippen LogP contribution < -0.4 is 5.32 Å². The molecule has 1 aromatic carbocycles. The molecule has 3 rings (SSSR count). The zero-order valence-corrected chi connectivity index (χ0v) is 14.2. The molecule has 2 heterocycles. The molecule has 1 saturated heterocycles. The highest BCUT2D eigenvalue weighted by molar-refractivity contribution is 5.94. The first-order chi connectivity index (χ1) is 11.6. The van der Waals surface area contributed by atoms with E-state index in [0.717, 1.165) is 32.0 Å². The van der Waals surface area contributed by atoms with Crippen molar-refractivity contribution in [3.63, 3.8) is 0 Å². The largest absolute Gasteiger partial charge is 0.379 e. The van der Waals surface area contributed by atoms with E-state index in [9.17, 15) is 4.79 Å². The van der Waals surface area contributed by atoms with Crippen molar-refractivity contribution < 1.29 is 9.53 Å². The van der Waals surface area contributed by atoms with E-state index in [1.165, 1.54) is 0 Å². The Morgan fingerprint density at radius 1 is 1.25 bits per heavy atom. The normalized spacial score (nSPS) is 16.1. The lowest BCUT2D eigenvalue weighted by atomic mass is 10.0. The van der Waals surface area contributed by atoms with Crippen LogP contribution in [-0.4, -0.2) is 59.0 Å². The lowest BCUT2D eigenvalue weighted by Gasteiger charge is -2.40. The van der Waals surface area contributed by atoms with Crippen molar-refractivity contribution >= 4 is 5.91 Å². The topological polar surface area (TPSA) is 59.4 Å². The van der Waals surface area contributed by atoms with Gasteiger partial charge in [0.1, 0.15) is 0 Å². The van der Waals surface area contributed by atoms with Gasteiger partial charge in [0, 0.05) is 43.1 Å². The molecular formula is C18H24N4O2. The summed E-state index contributed by atoms with van der Waals surface area (Å²) in [6.07, 6.45) is 3.61. The first-order valence-corrected chi connectivity index (χ1v) is 8.27. The molecule has 1 N–H and O–H groups in total. The second-order valence-electron chi connectivity index (χ2n) is 6.59. The fourth-order valence-corrected chi connectivity index (χ4v) is 2.87. The zero-order valence-electron chi connectivity index (χ0n) is 14.2. The van der Waals surface area contributed by atoms with Crippen LogP contribution in [0.3, 0.4) is 0 Å². The number of rotatable bonds is 5. The van der Waals surface area contributed by atoms with E-state index in [-0.39, 0.29) is 11.4 Å². The Morgan fingerprint density at radius 3 is 2.58 bits per heavy atom. The first kappa shape index (κ1) is 16.7. The standard InChI is InChI=1S/C18H24N4O2/c1-18(2,21-10-12-24-13-11-21)14-19-17(23)15-4-6-16(7-5-15)22-9-3-8-20-22/h3-9H,10-14H2,1-2H3,(H,19,23). The average molecular weight is 328 g/mol. The van der Waals surface area contributed by atoms with Crippen molar-refractivity contribution in [3.8, 4) is 5.69 Å². The third-order valence-electron chi connectivity index (χ3n) is 4.45. The quantitative estimate of drug-likeness (QED) is 0.908. The third-order valence-corrected chi connectivity index (χ3v) is 4.45. The molecule has 1 aliphatic rings. The van der Waals surface area contributed by atoms with Gasteiger partial charge in [-0.3, -0.25) is 9.69 Å². The molecule has 0 spiro atoms. The number of benzene rings is 1. The highest BCUT2D eigenvalue weighted by Gasteiger charge is 2.28. The maximum absolute atomic E-state index is 12.4. The first-order valence-electron chi connectivity index (χ1n) is 8.27. The second-order valence-corrected chi connectivity index (χ2v) is 6.59. The van der Waals surface area contributed by atoms with Crippen molar-refractivity contribution in [2.45, 2.75) is 19.4 Å². The average Bonchev–Trinajstić information content (AvgIpc) is 3.15. The molecule has 1 aromatic heterocycles. The Kier molecular flexibility index (Phi) is 4.97. The van der Waals surface area contributed by atoms with E-state index in [1.807, 2.05) is 36.5 Å². The Balaban J connectivity index is 1.58. The van der Waals surface area contributed by atoms with E-state index in [2.05, 4.69) is 29.2 Å². The van der Waals surface area contributed by atoms with E-state index in [1.54, 1.807) is 10.9 Å². The van der Waals surface area contributed by atoms with Crippen LogP contribution in [0.25, 0.3) is 5.69 Å². The van der Waals surface area contributed by atoms with Gasteiger partial charge < -0.3 is 10.1 Å². The minimum absolute atomic E-state index is 0.0525. The maximum atomic E-state index is 12.4. The summed E-state index contributed by atoms with van der Waals surface area (Å²) < 4.78 is 7.16. The molecule has 24 heavy (non-hydrogen) atoms. The van der Waals surface area contributed by atoms with Crippen LogP contribution in [0.5, 0.6) is 0 Å². The van der Waals surface area contributed by atoms with Crippen molar-refractivity contribution in [2.75, 3.05) is 32.8 Å². The van der Waals surface area contributed by atoms with E-state index >= 15 is 0 Å². The molecule has 6 heteroatoms. The van der Waals surface area contributed by atoms with Crippen molar-refractivity contribution in [1.29, 1.82) is 0 Å². The molecule has 6 nitrogen and oxygen atoms in total. The van der Waals surface area contributed by atoms with Crippen LogP contribution in [-0.2, 0) is 4.74 Å². The molecule has 1 amide bonds. The summed E-state index contributed by atoms with van der Waals surface area (Å²) >= 11 is 0. The van der Waals surface area contributed by atoms with Gasteiger partial charge >= 0.3 is 0 Å². The van der Waals surface area contributed by atoms with Crippen LogP contribution in [0.4, 0.5) is 0 Å². The lowest BCUT2D eigenvalue weighted by Crippen LogP contribution is -2.55. The maximum Gasteiger partial charge on any atom is 0.251 e. The summed E-state index contributed by atoms with van der Waals surface area (Å²) in [5, 5.41) is 7.23. The van der Waals surface area contributed by atoms with Crippen molar-refractivity contribution in [2.24, 2.45) is 0 Å². The molecule has 0 atom stereocenters. The molecule has 2 aromatic rings. The Bertz CT molecular complexity index is 659. The number of carbonyl (C=O) groups excluding carboxylic acids is 1. The van der Waals surface area contributed by atoms with Crippen LogP contribution in [0.1, 0.15) is 24.2 Å². The predicted octanol–water partition coefficient (Wildman–Crippen LogP) is 1.71. The summed E-state index contributed by atoms with van der Waals surface area (Å²) in [4.78, 5) is 14.8. The van der Waals surface area contributed by atoms with E-state index < -0.39 is 0 Å². The number of amides is 1. The number of nitrogens with one attached hydrogen (secondary N) is 1. The van der Waals surface area contributed by atoms with Crippen LogP contribution >= 0.6 is 0 Å². The number of morpholine rings is 1. The predicted molar refractivity (Wildman–Crippen MR) is 92.4 cm³/mol. The van der Waals surface area contributed by atoms with Gasteiger partial charge in [-0.2, -0.15) is 5.10 Å². The summed E-state index contributed by atoms with van der Waals surface area (Å²) in [6, 6.07) is 9.32. The Hall–Kier alpha value is -2.18.